The van der Waals surface area contributed by atoms with Crippen molar-refractivity contribution in [3.63, 3.8) is 0 Å². The number of ether oxygens (including phenoxy) is 1. The first kappa shape index (κ1) is 71.6. The van der Waals surface area contributed by atoms with Crippen molar-refractivity contribution in [3.8, 4) is 0 Å². The Morgan fingerprint density at radius 1 is 0.506 bits per heavy atom. The van der Waals surface area contributed by atoms with Crippen LogP contribution in [0, 0.1) is 5.92 Å². The lowest BCUT2D eigenvalue weighted by Crippen LogP contribution is -2.39. The summed E-state index contributed by atoms with van der Waals surface area (Å²) in [5, 5.41) is 10.2. The monoisotopic (exact) mass is 1230 g/mol. The number of nitrogens with zero attached hydrogens (tertiary/aromatic N) is 5. The molecular weight excluding hydrogens is 1140 g/mol. The zero-order valence-electron chi connectivity index (χ0n) is 50.7. The molecular formula is C65H91N5O12S3. The van der Waals surface area contributed by atoms with Crippen LogP contribution in [0.5, 0.6) is 0 Å². The first-order chi connectivity index (χ1) is 40.4. The summed E-state index contributed by atoms with van der Waals surface area (Å²) in [6.07, 6.45) is 29.4. The van der Waals surface area contributed by atoms with Crippen LogP contribution in [0.25, 0.3) is 0 Å². The maximum Gasteiger partial charge on any atom is 0.308 e. The third kappa shape index (κ3) is 28.9. The summed E-state index contributed by atoms with van der Waals surface area (Å²) in [4.78, 5) is 21.0. The van der Waals surface area contributed by atoms with Crippen molar-refractivity contribution >= 4 is 36.3 Å². The quantitative estimate of drug-likeness (QED) is 0.0174. The van der Waals surface area contributed by atoms with E-state index in [1.54, 1.807) is 12.4 Å². The largest absolute Gasteiger partial charge is 0.748 e. The van der Waals surface area contributed by atoms with Crippen molar-refractivity contribution in [2.24, 2.45) is 5.92 Å². The lowest BCUT2D eigenvalue weighted by molar-refractivity contribution is -0.703. The number of carbonyl (C=O) groups excluding carboxylic acids is 1. The van der Waals surface area contributed by atoms with Gasteiger partial charge >= 0.3 is 5.97 Å². The number of esters is 1. The van der Waals surface area contributed by atoms with Gasteiger partial charge in [-0.25, -0.2) is 39.0 Å². The molecule has 0 amide bonds. The second kappa shape index (κ2) is 37.0. The summed E-state index contributed by atoms with van der Waals surface area (Å²) in [5.41, 5.74) is 7.60. The highest BCUT2D eigenvalue weighted by Gasteiger charge is 2.28. The van der Waals surface area contributed by atoms with Gasteiger partial charge in [-0.3, -0.25) is 14.8 Å². The van der Waals surface area contributed by atoms with Crippen LogP contribution < -0.4 is 13.7 Å². The molecule has 1 aromatic carbocycles. The molecule has 0 saturated heterocycles. The molecule has 0 bridgehead atoms. The van der Waals surface area contributed by atoms with E-state index in [1.165, 1.54) is 33.4 Å². The van der Waals surface area contributed by atoms with Gasteiger partial charge in [-0.2, -0.15) is 0 Å². The summed E-state index contributed by atoms with van der Waals surface area (Å²) in [7, 11) is -12.3. The number of aromatic nitrogens is 5. The van der Waals surface area contributed by atoms with E-state index in [2.05, 4.69) is 133 Å². The van der Waals surface area contributed by atoms with Gasteiger partial charge in [0.2, 0.25) is 0 Å². The van der Waals surface area contributed by atoms with Gasteiger partial charge in [-0.15, -0.1) is 0 Å². The Kier molecular flexibility index (Phi) is 31.1. The Balaban J connectivity index is 0.000000351. The van der Waals surface area contributed by atoms with Gasteiger partial charge in [-0.05, 0) is 151 Å². The Morgan fingerprint density at radius 2 is 0.882 bits per heavy atom. The fraction of sp³-hybridized carbons (Fsp3) is 0.508. The minimum absolute atomic E-state index is 0.138. The highest BCUT2D eigenvalue weighted by atomic mass is 32.2. The number of hydrogen-bond donors (Lipinski definition) is 1. The number of pyridine rings is 5. The fourth-order valence-electron chi connectivity index (χ4n) is 10.7. The molecule has 0 aliphatic heterocycles. The van der Waals surface area contributed by atoms with E-state index in [-0.39, 0.29) is 35.4 Å². The zero-order valence-corrected chi connectivity index (χ0v) is 53.1. The first-order valence-electron chi connectivity index (χ1n) is 29.8. The van der Waals surface area contributed by atoms with Gasteiger partial charge in [0.05, 0.1) is 42.9 Å². The van der Waals surface area contributed by atoms with E-state index in [0.29, 0.717) is 81.3 Å². The molecule has 5 heterocycles. The molecule has 6 rings (SSSR count). The molecule has 0 aliphatic carbocycles. The number of unbranched alkanes of at least 4 members (excludes halogenated alkanes) is 1. The molecule has 0 spiro atoms. The number of hydrogen-bond acceptors (Lipinski definition) is 14. The van der Waals surface area contributed by atoms with E-state index >= 15 is 0 Å². The summed E-state index contributed by atoms with van der Waals surface area (Å²) in [6, 6.07) is 32.0. The molecule has 0 fully saturated rings. The van der Waals surface area contributed by atoms with Gasteiger partial charge in [0.15, 0.2) is 43.7 Å². The van der Waals surface area contributed by atoms with Crippen LogP contribution in [0.15, 0.2) is 153 Å². The van der Waals surface area contributed by atoms with E-state index < -0.39 is 30.4 Å². The predicted octanol–water partition coefficient (Wildman–Crippen LogP) is 9.90. The van der Waals surface area contributed by atoms with Gasteiger partial charge in [0.1, 0.15) is 19.2 Å². The average Bonchev–Trinajstić information content (AvgIpc) is 3.45. The van der Waals surface area contributed by atoms with Crippen molar-refractivity contribution in [2.45, 2.75) is 180 Å². The summed E-state index contributed by atoms with van der Waals surface area (Å²) in [5.74, 6) is 0.829. The Morgan fingerprint density at radius 3 is 1.28 bits per heavy atom. The molecule has 466 valence electrons. The van der Waals surface area contributed by atoms with Gasteiger partial charge in [0, 0.05) is 91.8 Å². The molecule has 8 atom stereocenters. The molecule has 5 aromatic heterocycles. The zero-order chi connectivity index (χ0) is 62.4. The Labute approximate surface area is 507 Å². The summed E-state index contributed by atoms with van der Waals surface area (Å²) in [6.45, 7) is 14.8. The highest BCUT2D eigenvalue weighted by molar-refractivity contribution is 7.86. The summed E-state index contributed by atoms with van der Waals surface area (Å²) < 4.78 is 104. The van der Waals surface area contributed by atoms with Crippen LogP contribution >= 0.6 is 0 Å². The maximum atomic E-state index is 12.5. The minimum Gasteiger partial charge on any atom is -0.748 e. The maximum absolute atomic E-state index is 12.5. The van der Waals surface area contributed by atoms with Crippen LogP contribution in [0.2, 0.25) is 0 Å². The molecule has 17 nitrogen and oxygen atoms in total. The number of aliphatic hydroxyl groups is 1. The van der Waals surface area contributed by atoms with Gasteiger partial charge < -0.3 is 23.5 Å². The van der Waals surface area contributed by atoms with Crippen LogP contribution in [0.1, 0.15) is 187 Å². The van der Waals surface area contributed by atoms with E-state index in [1.807, 2.05) is 72.3 Å². The van der Waals surface area contributed by atoms with Crippen molar-refractivity contribution in [2.75, 3.05) is 24.4 Å². The highest BCUT2D eigenvalue weighted by Crippen LogP contribution is 2.42. The molecule has 20 heteroatoms. The molecule has 6 aromatic rings. The van der Waals surface area contributed by atoms with Crippen molar-refractivity contribution < 1.29 is 67.3 Å². The SMILES string of the molecule is CCC(O)C[n+]1ccc(C(CC(CC)c2cc[n+](CCCS(=O)(=O)[O-])cc2)CC(CC(C)c2ccccc2)c2ccncc2)cc1.CCCCOC(=O)C(C)CC(CC(CC)c1cc[n+](CCCS(=O)(=O)[O-])cc1)c1ccncc1.CS(=O)(=O)[O-]. The average molecular weight is 1230 g/mol. The topological polar surface area (TPSA) is 256 Å². The van der Waals surface area contributed by atoms with Crippen molar-refractivity contribution in [1.29, 1.82) is 0 Å². The van der Waals surface area contributed by atoms with Crippen LogP contribution in [-0.4, -0.2) is 90.4 Å². The molecule has 0 saturated carbocycles. The number of rotatable bonds is 33. The third-order valence-corrected chi connectivity index (χ3v) is 17.1. The Bertz CT molecular complexity index is 3160. The van der Waals surface area contributed by atoms with Crippen molar-refractivity contribution in [1.82, 2.24) is 9.97 Å². The second-order valence-electron chi connectivity index (χ2n) is 22.3. The van der Waals surface area contributed by atoms with E-state index in [9.17, 15) is 35.8 Å². The van der Waals surface area contributed by atoms with Crippen LogP contribution in [0.3, 0.4) is 0 Å². The third-order valence-electron chi connectivity index (χ3n) is 15.5. The normalized spacial score (nSPS) is 14.6. The van der Waals surface area contributed by atoms with E-state index in [4.69, 9.17) is 17.7 Å². The van der Waals surface area contributed by atoms with Gasteiger partial charge in [-0.1, -0.05) is 78.3 Å². The predicted molar refractivity (Wildman–Crippen MR) is 326 cm³/mol. The molecule has 0 radical (unpaired) electrons. The number of aliphatic hydroxyl groups excluding tert-OH is 1. The fourth-order valence-corrected chi connectivity index (χ4v) is 11.6. The second-order valence-corrected chi connectivity index (χ2v) is 26.8. The number of aryl methyl sites for hydroxylation is 2. The lowest BCUT2D eigenvalue weighted by Gasteiger charge is -2.29. The minimum atomic E-state index is -4.20. The van der Waals surface area contributed by atoms with Crippen LogP contribution in [-0.2, 0) is 59.5 Å². The lowest BCUT2D eigenvalue weighted by atomic mass is 9.75. The van der Waals surface area contributed by atoms with Crippen LogP contribution in [0.4, 0.5) is 0 Å². The van der Waals surface area contributed by atoms with Crippen molar-refractivity contribution in [3.05, 3.63) is 186 Å². The molecule has 85 heavy (non-hydrogen) atoms. The molecule has 8 unspecified atom stereocenters. The smallest absolute Gasteiger partial charge is 0.308 e. The molecule has 0 aliphatic rings. The van der Waals surface area contributed by atoms with E-state index in [0.717, 1.165) is 57.8 Å². The summed E-state index contributed by atoms with van der Waals surface area (Å²) >= 11 is 0. The first-order valence-corrected chi connectivity index (χ1v) is 34.8. The number of carbonyl (C=O) groups is 1. The molecule has 1 N–H and O–H groups in total. The Hall–Kier alpha value is -5.87. The van der Waals surface area contributed by atoms with Gasteiger partial charge in [0.25, 0.3) is 0 Å². The number of benzene rings is 1. The standard InChI is InChI=1S/C38H50N3O4S.C26H38N2O5S.CH4O3S/c1-4-31(34-14-21-40(22-15-34)20-9-25-46(43,44)45)27-37(35-16-23-41(24-17-35)29-38(42)5-2)28-36(33-12-18-39-19-13-33)26-30(3)32-10-7-6-8-11-32;1-4-6-17-33-26(29)21(3)19-25(23-8-12-27-13-9-23)20-22(5-2)24-10-15-28(16-11-24)14-7-18-34(30,31)32;1-5(2,3)4/h6-8,10-19,21-24,30-31,36-38,42H,4-5,9,20,25-29H2,1-3H3;8-13,15-16,21-22,25H,4-7,14,17-20H2,1-3H3;1H3,(H,2,3,4)/q+1;;/p-1.